The molecule has 0 atom stereocenters. The largest absolute Gasteiger partial charge is 0.351 e. The van der Waals surface area contributed by atoms with Crippen molar-refractivity contribution >= 4 is 30.1 Å². The number of thioether (sulfide) groups is 1. The van der Waals surface area contributed by atoms with Crippen molar-refractivity contribution in [3.63, 3.8) is 0 Å². The lowest BCUT2D eigenvalue weighted by atomic mass is 10.2. The van der Waals surface area contributed by atoms with Crippen molar-refractivity contribution in [3.05, 3.63) is 29.8 Å². The monoisotopic (exact) mass is 260 g/mol. The number of carbonyl (C=O) groups is 1. The molecule has 1 amide bonds. The highest BCUT2D eigenvalue weighted by molar-refractivity contribution is 7.98. The third-order valence-corrected chi connectivity index (χ3v) is 2.76. The Balaban J connectivity index is 0.00000225. The first-order valence-corrected chi connectivity index (χ1v) is 6.07. The highest BCUT2D eigenvalue weighted by Gasteiger charge is 2.03. The van der Waals surface area contributed by atoms with Gasteiger partial charge in [-0.1, -0.05) is 0 Å². The summed E-state index contributed by atoms with van der Waals surface area (Å²) in [4.78, 5) is 12.7. The molecule has 1 aromatic carbocycles. The van der Waals surface area contributed by atoms with Gasteiger partial charge in [0.2, 0.25) is 0 Å². The summed E-state index contributed by atoms with van der Waals surface area (Å²) in [6, 6.07) is 7.61. The summed E-state index contributed by atoms with van der Waals surface area (Å²) in [6.07, 6.45) is 2.02. The third kappa shape index (κ3) is 4.88. The molecule has 5 heteroatoms. The van der Waals surface area contributed by atoms with E-state index in [2.05, 4.69) is 10.6 Å². The Morgan fingerprint density at radius 1 is 1.25 bits per heavy atom. The summed E-state index contributed by atoms with van der Waals surface area (Å²) in [5.41, 5.74) is 0.712. The topological polar surface area (TPSA) is 41.1 Å². The number of rotatable bonds is 5. The third-order valence-electron chi connectivity index (χ3n) is 2.01. The van der Waals surface area contributed by atoms with Gasteiger partial charge in [-0.15, -0.1) is 24.2 Å². The molecule has 1 rings (SSSR count). The van der Waals surface area contributed by atoms with Crippen LogP contribution in [0.4, 0.5) is 0 Å². The molecular weight excluding hydrogens is 244 g/mol. The fourth-order valence-corrected chi connectivity index (χ4v) is 1.55. The summed E-state index contributed by atoms with van der Waals surface area (Å²) in [5, 5.41) is 5.80. The van der Waals surface area contributed by atoms with Crippen molar-refractivity contribution in [2.24, 2.45) is 0 Å². The predicted octanol–water partition coefficient (Wildman–Crippen LogP) is 1.78. The Bertz CT molecular complexity index is 316. The zero-order valence-corrected chi connectivity index (χ0v) is 11.1. The molecule has 0 spiro atoms. The second-order valence-corrected chi connectivity index (χ2v) is 3.97. The van der Waals surface area contributed by atoms with Crippen LogP contribution in [0.1, 0.15) is 10.4 Å². The maximum Gasteiger partial charge on any atom is 0.251 e. The van der Waals surface area contributed by atoms with Crippen molar-refractivity contribution in [1.82, 2.24) is 10.6 Å². The van der Waals surface area contributed by atoms with Gasteiger partial charge in [0.1, 0.15) is 0 Å². The molecule has 0 bridgehead atoms. The van der Waals surface area contributed by atoms with Gasteiger partial charge < -0.3 is 10.6 Å². The van der Waals surface area contributed by atoms with Crippen molar-refractivity contribution in [2.75, 3.05) is 26.4 Å². The number of amides is 1. The summed E-state index contributed by atoms with van der Waals surface area (Å²) in [6.45, 7) is 1.44. The number of hydrogen-bond acceptors (Lipinski definition) is 3. The van der Waals surface area contributed by atoms with Crippen LogP contribution in [0.2, 0.25) is 0 Å². The molecule has 0 radical (unpaired) electrons. The molecule has 0 saturated heterocycles. The molecule has 0 fully saturated rings. The van der Waals surface area contributed by atoms with Crippen molar-refractivity contribution < 1.29 is 4.79 Å². The number of benzene rings is 1. The van der Waals surface area contributed by atoms with Crippen LogP contribution in [-0.2, 0) is 0 Å². The Morgan fingerprint density at radius 2 is 1.88 bits per heavy atom. The zero-order chi connectivity index (χ0) is 11.1. The standard InChI is InChI=1S/C11H16N2OS.ClH/c1-12-7-8-13-11(14)9-3-5-10(15-2)6-4-9;/h3-6,12H,7-8H2,1-2H3,(H,13,14);1H. The van der Waals surface area contributed by atoms with Crippen LogP contribution in [0.25, 0.3) is 0 Å². The number of nitrogens with one attached hydrogen (secondary N) is 2. The number of carbonyl (C=O) groups excluding carboxylic acids is 1. The minimum atomic E-state index is -0.0158. The fourth-order valence-electron chi connectivity index (χ4n) is 1.15. The van der Waals surface area contributed by atoms with Crippen LogP contribution < -0.4 is 10.6 Å². The quantitative estimate of drug-likeness (QED) is 0.626. The lowest BCUT2D eigenvalue weighted by molar-refractivity contribution is 0.0954. The van der Waals surface area contributed by atoms with E-state index in [1.165, 1.54) is 4.90 Å². The summed E-state index contributed by atoms with van der Waals surface area (Å²) < 4.78 is 0. The minimum Gasteiger partial charge on any atom is -0.351 e. The molecule has 0 aliphatic carbocycles. The van der Waals surface area contributed by atoms with E-state index in [1.54, 1.807) is 11.8 Å². The molecule has 3 nitrogen and oxygen atoms in total. The first kappa shape index (κ1) is 15.3. The smallest absolute Gasteiger partial charge is 0.251 e. The molecule has 90 valence electrons. The van der Waals surface area contributed by atoms with Crippen LogP contribution in [0.3, 0.4) is 0 Å². The van der Waals surface area contributed by atoms with E-state index in [0.717, 1.165) is 6.54 Å². The highest BCUT2D eigenvalue weighted by Crippen LogP contribution is 2.14. The molecule has 0 saturated carbocycles. The Morgan fingerprint density at radius 3 is 2.38 bits per heavy atom. The van der Waals surface area contributed by atoms with Crippen molar-refractivity contribution in [2.45, 2.75) is 4.90 Å². The van der Waals surface area contributed by atoms with Gasteiger partial charge in [0, 0.05) is 23.5 Å². The van der Waals surface area contributed by atoms with Crippen LogP contribution in [-0.4, -0.2) is 32.3 Å². The van der Waals surface area contributed by atoms with E-state index < -0.39 is 0 Å². The summed E-state index contributed by atoms with van der Waals surface area (Å²) >= 11 is 1.67. The fraction of sp³-hybridized carbons (Fsp3) is 0.364. The average Bonchev–Trinajstić information content (AvgIpc) is 2.29. The molecule has 0 aromatic heterocycles. The number of halogens is 1. The number of hydrogen-bond donors (Lipinski definition) is 2. The minimum absolute atomic E-state index is 0. The van der Waals surface area contributed by atoms with E-state index >= 15 is 0 Å². The maximum atomic E-state index is 11.6. The van der Waals surface area contributed by atoms with Gasteiger partial charge in [-0.2, -0.15) is 0 Å². The predicted molar refractivity (Wildman–Crippen MR) is 71.7 cm³/mol. The van der Waals surface area contributed by atoms with Crippen LogP contribution in [0.15, 0.2) is 29.2 Å². The lowest BCUT2D eigenvalue weighted by Gasteiger charge is -2.04. The number of likely N-dealkylation sites (N-methyl/N-ethyl adjacent to an activating group) is 1. The Kier molecular flexibility index (Phi) is 8.07. The van der Waals surface area contributed by atoms with E-state index in [0.29, 0.717) is 12.1 Å². The van der Waals surface area contributed by atoms with Gasteiger partial charge in [0.25, 0.3) is 5.91 Å². The first-order valence-electron chi connectivity index (χ1n) is 4.84. The Labute approximate surface area is 107 Å². The van der Waals surface area contributed by atoms with Gasteiger partial charge in [-0.3, -0.25) is 4.79 Å². The van der Waals surface area contributed by atoms with Crippen LogP contribution >= 0.6 is 24.2 Å². The molecule has 0 aliphatic heterocycles. The maximum absolute atomic E-state index is 11.6. The van der Waals surface area contributed by atoms with Gasteiger partial charge in [-0.05, 0) is 37.6 Å². The van der Waals surface area contributed by atoms with E-state index in [1.807, 2.05) is 37.6 Å². The zero-order valence-electron chi connectivity index (χ0n) is 9.45. The van der Waals surface area contributed by atoms with Gasteiger partial charge in [0.05, 0.1) is 0 Å². The Hall–Kier alpha value is -0.710. The summed E-state index contributed by atoms with van der Waals surface area (Å²) in [7, 11) is 1.86. The lowest BCUT2D eigenvalue weighted by Crippen LogP contribution is -2.30. The van der Waals surface area contributed by atoms with E-state index in [9.17, 15) is 4.79 Å². The normalized spacial score (nSPS) is 9.38. The highest BCUT2D eigenvalue weighted by atomic mass is 35.5. The van der Waals surface area contributed by atoms with Crippen molar-refractivity contribution in [3.8, 4) is 0 Å². The van der Waals surface area contributed by atoms with Gasteiger partial charge in [-0.25, -0.2) is 0 Å². The molecule has 0 heterocycles. The second-order valence-electron chi connectivity index (χ2n) is 3.09. The van der Waals surface area contributed by atoms with Gasteiger partial charge >= 0.3 is 0 Å². The van der Waals surface area contributed by atoms with Gasteiger partial charge in [0.15, 0.2) is 0 Å². The molecule has 1 aromatic rings. The van der Waals surface area contributed by atoms with E-state index in [-0.39, 0.29) is 18.3 Å². The second kappa shape index (κ2) is 8.44. The summed E-state index contributed by atoms with van der Waals surface area (Å²) in [5.74, 6) is -0.0158. The van der Waals surface area contributed by atoms with Crippen molar-refractivity contribution in [1.29, 1.82) is 0 Å². The van der Waals surface area contributed by atoms with Crippen LogP contribution in [0.5, 0.6) is 0 Å². The molecular formula is C11H17ClN2OS. The SMILES string of the molecule is CNCCNC(=O)c1ccc(SC)cc1.Cl. The average molecular weight is 261 g/mol. The molecule has 16 heavy (non-hydrogen) atoms. The molecule has 0 unspecified atom stereocenters. The first-order chi connectivity index (χ1) is 7.27. The molecule has 2 N–H and O–H groups in total. The van der Waals surface area contributed by atoms with Crippen LogP contribution in [0, 0.1) is 0 Å². The van der Waals surface area contributed by atoms with E-state index in [4.69, 9.17) is 0 Å². The molecule has 0 aliphatic rings.